The molecule has 0 bridgehead atoms. The second-order valence-electron chi connectivity index (χ2n) is 3.94. The molecule has 0 aliphatic rings. The number of benzene rings is 1. The molecule has 2 nitrogen and oxygen atoms in total. The molecular weight excluding hydrogens is 273 g/mol. The van der Waals surface area contributed by atoms with Crippen LogP contribution in [0.3, 0.4) is 0 Å². The maximum atomic E-state index is 12.5. The fourth-order valence-electron chi connectivity index (χ4n) is 1.71. The number of aromatic nitrogens is 2. The van der Waals surface area contributed by atoms with Crippen LogP contribution in [0.1, 0.15) is 5.56 Å². The van der Waals surface area contributed by atoms with Crippen LogP contribution in [-0.2, 0) is 6.18 Å². The molecule has 3 aromatic rings. The van der Waals surface area contributed by atoms with E-state index in [1.165, 1.54) is 23.5 Å². The minimum atomic E-state index is -4.31. The zero-order valence-electron chi connectivity index (χ0n) is 9.48. The van der Waals surface area contributed by atoms with E-state index < -0.39 is 11.7 Å². The molecule has 0 unspecified atom stereocenters. The molecule has 0 N–H and O–H groups in total. The molecule has 2 heterocycles. The lowest BCUT2D eigenvalue weighted by atomic mass is 10.1. The van der Waals surface area contributed by atoms with Crippen LogP contribution in [0, 0.1) is 0 Å². The lowest BCUT2D eigenvalue weighted by molar-refractivity contribution is -0.137. The Kier molecular flexibility index (Phi) is 2.74. The molecule has 96 valence electrons. The monoisotopic (exact) mass is 280 g/mol. The van der Waals surface area contributed by atoms with Gasteiger partial charge in [-0.25, -0.2) is 4.98 Å². The number of hydrogen-bond acceptors (Lipinski definition) is 3. The Morgan fingerprint density at radius 3 is 2.37 bits per heavy atom. The first kappa shape index (κ1) is 12.1. The van der Waals surface area contributed by atoms with Gasteiger partial charge in [0, 0.05) is 11.8 Å². The van der Waals surface area contributed by atoms with Crippen LogP contribution in [0.25, 0.3) is 20.8 Å². The normalized spacial score (nSPS) is 11.9. The summed E-state index contributed by atoms with van der Waals surface area (Å²) >= 11 is 1.43. The molecule has 0 radical (unpaired) electrons. The van der Waals surface area contributed by atoms with Crippen molar-refractivity contribution in [1.82, 2.24) is 9.97 Å². The Hall–Kier alpha value is -1.95. The molecule has 1 aromatic carbocycles. The molecule has 2 aromatic heterocycles. The van der Waals surface area contributed by atoms with Crippen LogP contribution in [-0.4, -0.2) is 9.97 Å². The molecule has 0 spiro atoms. The number of alkyl halides is 3. The van der Waals surface area contributed by atoms with Crippen molar-refractivity contribution in [3.05, 3.63) is 48.3 Å². The minimum Gasteiger partial charge on any atom is -0.262 e. The van der Waals surface area contributed by atoms with Gasteiger partial charge in [-0.15, -0.1) is 11.3 Å². The third-order valence-electron chi connectivity index (χ3n) is 2.65. The van der Waals surface area contributed by atoms with E-state index in [0.717, 1.165) is 22.3 Å². The van der Waals surface area contributed by atoms with Crippen LogP contribution in [0.15, 0.2) is 42.7 Å². The summed E-state index contributed by atoms with van der Waals surface area (Å²) in [5, 5.41) is 0.691. The second kappa shape index (κ2) is 4.31. The van der Waals surface area contributed by atoms with Crippen molar-refractivity contribution in [1.29, 1.82) is 0 Å². The van der Waals surface area contributed by atoms with E-state index in [4.69, 9.17) is 0 Å². The number of halogens is 3. The van der Waals surface area contributed by atoms with E-state index in [2.05, 4.69) is 9.97 Å². The number of thiazole rings is 1. The van der Waals surface area contributed by atoms with Gasteiger partial charge in [-0.05, 0) is 18.2 Å². The smallest absolute Gasteiger partial charge is 0.262 e. The van der Waals surface area contributed by atoms with Gasteiger partial charge in [-0.2, -0.15) is 13.2 Å². The Balaban J connectivity index is 2.02. The van der Waals surface area contributed by atoms with Crippen LogP contribution < -0.4 is 0 Å². The summed E-state index contributed by atoms with van der Waals surface area (Å²) in [6.07, 6.45) is -1.01. The molecule has 0 amide bonds. The van der Waals surface area contributed by atoms with Gasteiger partial charge < -0.3 is 0 Å². The predicted molar refractivity (Wildman–Crippen MR) is 67.9 cm³/mol. The highest BCUT2D eigenvalue weighted by Crippen LogP contribution is 2.33. The lowest BCUT2D eigenvalue weighted by Gasteiger charge is -2.06. The highest BCUT2D eigenvalue weighted by molar-refractivity contribution is 7.21. The van der Waals surface area contributed by atoms with Crippen molar-refractivity contribution in [2.45, 2.75) is 6.18 Å². The number of nitrogens with zero attached hydrogens (tertiary/aromatic N) is 2. The molecule has 0 saturated carbocycles. The summed E-state index contributed by atoms with van der Waals surface area (Å²) in [4.78, 5) is 8.31. The summed E-state index contributed by atoms with van der Waals surface area (Å²) in [5.41, 5.74) is 0.774. The highest BCUT2D eigenvalue weighted by Gasteiger charge is 2.30. The quantitative estimate of drug-likeness (QED) is 0.661. The van der Waals surface area contributed by atoms with E-state index in [-0.39, 0.29) is 0 Å². The number of rotatable bonds is 1. The molecule has 6 heteroatoms. The first-order valence-corrected chi connectivity index (χ1v) is 6.24. The molecule has 0 saturated heterocycles. The van der Waals surface area contributed by atoms with Crippen molar-refractivity contribution in [2.75, 3.05) is 0 Å². The predicted octanol–water partition coefficient (Wildman–Crippen LogP) is 4.38. The van der Waals surface area contributed by atoms with Gasteiger partial charge in [0.1, 0.15) is 10.5 Å². The van der Waals surface area contributed by atoms with E-state index in [1.54, 1.807) is 12.4 Å². The third kappa shape index (κ3) is 2.31. The SMILES string of the molecule is FC(F)(F)c1ccc(-c2nc3cnccc3s2)cc1. The van der Waals surface area contributed by atoms with Gasteiger partial charge in [-0.3, -0.25) is 4.98 Å². The standard InChI is InChI=1S/C13H7F3N2S/c14-13(15,16)9-3-1-8(2-4-9)12-18-10-7-17-6-5-11(10)19-12/h1-7H. The highest BCUT2D eigenvalue weighted by atomic mass is 32.1. The van der Waals surface area contributed by atoms with Crippen LogP contribution in [0.5, 0.6) is 0 Å². The number of hydrogen-bond donors (Lipinski definition) is 0. The molecule has 3 rings (SSSR count). The third-order valence-corrected chi connectivity index (χ3v) is 3.73. The van der Waals surface area contributed by atoms with Gasteiger partial charge in [-0.1, -0.05) is 12.1 Å². The van der Waals surface area contributed by atoms with Gasteiger partial charge in [0.25, 0.3) is 0 Å². The fraction of sp³-hybridized carbons (Fsp3) is 0.0769. The maximum absolute atomic E-state index is 12.5. The van der Waals surface area contributed by atoms with Crippen molar-refractivity contribution in [3.8, 4) is 10.6 Å². The van der Waals surface area contributed by atoms with E-state index in [1.807, 2.05) is 6.07 Å². The van der Waals surface area contributed by atoms with Crippen molar-refractivity contribution < 1.29 is 13.2 Å². The average Bonchev–Trinajstić information content (AvgIpc) is 2.81. The topological polar surface area (TPSA) is 25.8 Å². The van der Waals surface area contributed by atoms with Crippen LogP contribution in [0.4, 0.5) is 13.2 Å². The summed E-state index contributed by atoms with van der Waals surface area (Å²) in [6, 6.07) is 6.85. The van der Waals surface area contributed by atoms with Crippen LogP contribution >= 0.6 is 11.3 Å². The summed E-state index contributed by atoms with van der Waals surface area (Å²) in [5.74, 6) is 0. The van der Waals surface area contributed by atoms with Gasteiger partial charge in [0.05, 0.1) is 16.5 Å². The van der Waals surface area contributed by atoms with E-state index in [9.17, 15) is 13.2 Å². The molecule has 0 aliphatic carbocycles. The van der Waals surface area contributed by atoms with Gasteiger partial charge in [0.2, 0.25) is 0 Å². The Morgan fingerprint density at radius 2 is 1.74 bits per heavy atom. The molecule has 0 atom stereocenters. The number of pyridine rings is 1. The second-order valence-corrected chi connectivity index (χ2v) is 4.97. The molecule has 19 heavy (non-hydrogen) atoms. The van der Waals surface area contributed by atoms with Crippen molar-refractivity contribution in [3.63, 3.8) is 0 Å². The largest absolute Gasteiger partial charge is 0.416 e. The zero-order valence-corrected chi connectivity index (χ0v) is 10.3. The van der Waals surface area contributed by atoms with Crippen molar-refractivity contribution in [2.24, 2.45) is 0 Å². The zero-order chi connectivity index (χ0) is 13.5. The fourth-order valence-corrected chi connectivity index (χ4v) is 2.64. The maximum Gasteiger partial charge on any atom is 0.416 e. The average molecular weight is 280 g/mol. The molecule has 0 fully saturated rings. The Morgan fingerprint density at radius 1 is 1.00 bits per heavy atom. The van der Waals surface area contributed by atoms with Gasteiger partial charge >= 0.3 is 6.18 Å². The summed E-state index contributed by atoms with van der Waals surface area (Å²) in [6.45, 7) is 0. The lowest BCUT2D eigenvalue weighted by Crippen LogP contribution is -2.03. The Labute approximate surface area is 110 Å². The Bertz CT molecular complexity index is 684. The first-order chi connectivity index (χ1) is 9.04. The summed E-state index contributed by atoms with van der Waals surface area (Å²) in [7, 11) is 0. The molecular formula is C13H7F3N2S. The summed E-state index contributed by atoms with van der Waals surface area (Å²) < 4.78 is 38.4. The molecule has 0 aliphatic heterocycles. The van der Waals surface area contributed by atoms with E-state index >= 15 is 0 Å². The van der Waals surface area contributed by atoms with E-state index in [0.29, 0.717) is 10.6 Å². The number of fused-ring (bicyclic) bond motifs is 1. The minimum absolute atomic E-state index is 0.654. The van der Waals surface area contributed by atoms with Crippen LogP contribution in [0.2, 0.25) is 0 Å². The van der Waals surface area contributed by atoms with Crippen molar-refractivity contribution >= 4 is 21.6 Å². The first-order valence-electron chi connectivity index (χ1n) is 5.42. The van der Waals surface area contributed by atoms with Gasteiger partial charge in [0.15, 0.2) is 0 Å².